The molecule has 0 radical (unpaired) electrons. The molecule has 0 N–H and O–H groups in total. The van der Waals surface area contributed by atoms with Crippen LogP contribution in [0.25, 0.3) is 0 Å². The molecule has 78 valence electrons. The third-order valence-electron chi connectivity index (χ3n) is 2.46. The first kappa shape index (κ1) is 12.5. The van der Waals surface area contributed by atoms with E-state index in [2.05, 4.69) is 71.5 Å². The van der Waals surface area contributed by atoms with E-state index in [-0.39, 0.29) is 11.1 Å². The lowest BCUT2D eigenvalue weighted by Gasteiger charge is -2.27. The van der Waals surface area contributed by atoms with Gasteiger partial charge in [-0.05, 0) is 41.5 Å². The van der Waals surface area contributed by atoms with E-state index in [0.717, 1.165) is 0 Å². The maximum Gasteiger partial charge on any atom is 0.234 e. The van der Waals surface area contributed by atoms with Crippen molar-refractivity contribution < 1.29 is 4.58 Å². The van der Waals surface area contributed by atoms with E-state index < -0.39 is 0 Å². The van der Waals surface area contributed by atoms with Crippen LogP contribution >= 0.6 is 0 Å². The molecule has 0 aliphatic heterocycles. The zero-order valence-corrected chi connectivity index (χ0v) is 10.5. The largest absolute Gasteiger partial charge is 0.267 e. The number of nitrogens with zero attached hydrogens (tertiary/aromatic N) is 2. The molecular weight excluding hydrogens is 160 g/mol. The first-order chi connectivity index (χ1) is 5.55. The summed E-state index contributed by atoms with van der Waals surface area (Å²) in [7, 11) is 4.23. The van der Waals surface area contributed by atoms with E-state index in [1.54, 1.807) is 0 Å². The Labute approximate surface area is 83.3 Å². The highest BCUT2D eigenvalue weighted by molar-refractivity contribution is 5.49. The summed E-state index contributed by atoms with van der Waals surface area (Å²) in [5, 5.41) is 0. The average molecular weight is 185 g/mol. The maximum absolute atomic E-state index is 2.23. The second-order valence-electron chi connectivity index (χ2n) is 5.68. The number of rotatable bonds is 1. The lowest BCUT2D eigenvalue weighted by atomic mass is 10.1. The fraction of sp³-hybridized carbons (Fsp3) is 0.909. The monoisotopic (exact) mass is 185 g/mol. The number of hydrogen-bond donors (Lipinski definition) is 0. The molecule has 0 fully saturated rings. The third-order valence-corrected chi connectivity index (χ3v) is 2.46. The molecule has 0 spiro atoms. The fourth-order valence-corrected chi connectivity index (χ4v) is 0.606. The first-order valence-electron chi connectivity index (χ1n) is 4.86. The van der Waals surface area contributed by atoms with Crippen LogP contribution in [-0.4, -0.2) is 41.0 Å². The van der Waals surface area contributed by atoms with Gasteiger partial charge in [0.25, 0.3) is 0 Å². The molecule has 13 heavy (non-hydrogen) atoms. The van der Waals surface area contributed by atoms with E-state index in [9.17, 15) is 0 Å². The number of hydrogen-bond acceptors (Lipinski definition) is 0. The predicted molar refractivity (Wildman–Crippen MR) is 59.5 cm³/mol. The summed E-state index contributed by atoms with van der Waals surface area (Å²) in [5.41, 5.74) is 0.388. The van der Waals surface area contributed by atoms with Gasteiger partial charge >= 0.3 is 0 Å². The van der Waals surface area contributed by atoms with Gasteiger partial charge in [-0.1, -0.05) is 0 Å². The topological polar surface area (TPSA) is 6.25 Å². The zero-order valence-electron chi connectivity index (χ0n) is 10.5. The van der Waals surface area contributed by atoms with Crippen molar-refractivity contribution in [3.05, 3.63) is 0 Å². The van der Waals surface area contributed by atoms with Crippen LogP contribution in [0.4, 0.5) is 0 Å². The third kappa shape index (κ3) is 4.30. The Morgan fingerprint density at radius 3 is 1.62 bits per heavy atom. The van der Waals surface area contributed by atoms with E-state index in [1.807, 2.05) is 0 Å². The van der Waals surface area contributed by atoms with Gasteiger partial charge in [-0.2, -0.15) is 0 Å². The van der Waals surface area contributed by atoms with Crippen molar-refractivity contribution in [2.75, 3.05) is 14.1 Å². The smallest absolute Gasteiger partial charge is 0.234 e. The highest BCUT2D eigenvalue weighted by Crippen LogP contribution is 2.09. The molecule has 2 nitrogen and oxygen atoms in total. The Kier molecular flexibility index (Phi) is 3.54. The quantitative estimate of drug-likeness (QED) is 0.345. The average Bonchev–Trinajstić information content (AvgIpc) is 1.82. The normalized spacial score (nSPS) is 14.6. The Bertz CT molecular complexity index is 191. The van der Waals surface area contributed by atoms with Crippen LogP contribution in [0, 0.1) is 0 Å². The summed E-state index contributed by atoms with van der Waals surface area (Å²) in [6.07, 6.45) is 2.17. The van der Waals surface area contributed by atoms with E-state index >= 15 is 0 Å². The van der Waals surface area contributed by atoms with Crippen LogP contribution in [0.1, 0.15) is 41.5 Å². The highest BCUT2D eigenvalue weighted by Gasteiger charge is 2.23. The molecule has 0 atom stereocenters. The molecule has 0 rings (SSSR count). The Morgan fingerprint density at radius 2 is 1.38 bits per heavy atom. The Hall–Kier alpha value is -0.530. The lowest BCUT2D eigenvalue weighted by Crippen LogP contribution is -2.42. The van der Waals surface area contributed by atoms with Crippen molar-refractivity contribution in [1.82, 2.24) is 4.90 Å². The van der Waals surface area contributed by atoms with Gasteiger partial charge in [0.05, 0.1) is 25.2 Å². The summed E-state index contributed by atoms with van der Waals surface area (Å²) >= 11 is 0. The van der Waals surface area contributed by atoms with Crippen LogP contribution in [0.5, 0.6) is 0 Å². The van der Waals surface area contributed by atoms with Crippen LogP contribution in [0.15, 0.2) is 0 Å². The van der Waals surface area contributed by atoms with E-state index in [4.69, 9.17) is 0 Å². The van der Waals surface area contributed by atoms with E-state index in [1.165, 1.54) is 0 Å². The molecule has 0 bridgehead atoms. The second-order valence-corrected chi connectivity index (χ2v) is 5.68. The summed E-state index contributed by atoms with van der Waals surface area (Å²) in [6.45, 7) is 13.3. The van der Waals surface area contributed by atoms with Gasteiger partial charge in [-0.25, -0.2) is 0 Å². The SMILES string of the molecule is CN(C=[N+](C)C(C)(C)C)C(C)(C)C. The summed E-state index contributed by atoms with van der Waals surface area (Å²) in [5.74, 6) is 0. The summed E-state index contributed by atoms with van der Waals surface area (Å²) in [6, 6.07) is 0. The van der Waals surface area contributed by atoms with Crippen molar-refractivity contribution in [3.8, 4) is 0 Å². The molecular formula is C11H25N2+. The predicted octanol–water partition coefficient (Wildman–Crippen LogP) is 2.19. The second kappa shape index (κ2) is 3.69. The van der Waals surface area contributed by atoms with Crippen LogP contribution in [-0.2, 0) is 0 Å². The van der Waals surface area contributed by atoms with Gasteiger partial charge in [-0.15, -0.1) is 0 Å². The molecule has 0 unspecified atom stereocenters. The van der Waals surface area contributed by atoms with Crippen molar-refractivity contribution in [1.29, 1.82) is 0 Å². The fourth-order valence-electron chi connectivity index (χ4n) is 0.606. The molecule has 0 aromatic rings. The molecule has 0 aliphatic rings. The van der Waals surface area contributed by atoms with Crippen LogP contribution in [0.3, 0.4) is 0 Å². The first-order valence-corrected chi connectivity index (χ1v) is 4.86. The highest BCUT2D eigenvalue weighted by atomic mass is 15.2. The zero-order chi connectivity index (χ0) is 10.9. The molecule has 0 aliphatic carbocycles. The molecule has 0 aromatic carbocycles. The molecule has 0 heterocycles. The van der Waals surface area contributed by atoms with Crippen molar-refractivity contribution in [3.63, 3.8) is 0 Å². The van der Waals surface area contributed by atoms with Crippen molar-refractivity contribution in [2.45, 2.75) is 52.6 Å². The summed E-state index contributed by atoms with van der Waals surface area (Å²) in [4.78, 5) is 2.23. The van der Waals surface area contributed by atoms with Gasteiger partial charge < -0.3 is 0 Å². The minimum Gasteiger partial charge on any atom is -0.267 e. The Morgan fingerprint density at radius 1 is 1.00 bits per heavy atom. The van der Waals surface area contributed by atoms with Gasteiger partial charge in [0.15, 0.2) is 0 Å². The van der Waals surface area contributed by atoms with Gasteiger partial charge in [0.2, 0.25) is 6.34 Å². The van der Waals surface area contributed by atoms with Crippen LogP contribution in [0.2, 0.25) is 0 Å². The molecule has 0 amide bonds. The lowest BCUT2D eigenvalue weighted by molar-refractivity contribution is -0.570. The van der Waals surface area contributed by atoms with E-state index in [0.29, 0.717) is 0 Å². The van der Waals surface area contributed by atoms with Crippen LogP contribution < -0.4 is 0 Å². The van der Waals surface area contributed by atoms with Crippen molar-refractivity contribution >= 4 is 6.34 Å². The molecule has 0 aromatic heterocycles. The maximum atomic E-state index is 2.23. The molecule has 0 saturated heterocycles. The van der Waals surface area contributed by atoms with Gasteiger partial charge in [-0.3, -0.25) is 9.48 Å². The standard InChI is InChI=1S/C11H25N2/c1-10(2,3)12(7)9-13(8)11(4,5)6/h9H,1-8H3/q+1. The van der Waals surface area contributed by atoms with Gasteiger partial charge in [0.1, 0.15) is 0 Å². The minimum absolute atomic E-state index is 0.194. The minimum atomic E-state index is 0.194. The van der Waals surface area contributed by atoms with Gasteiger partial charge in [0, 0.05) is 0 Å². The molecule has 0 saturated carbocycles. The Balaban J connectivity index is 4.59. The van der Waals surface area contributed by atoms with Crippen molar-refractivity contribution in [2.24, 2.45) is 0 Å². The molecule has 2 heteroatoms. The summed E-state index contributed by atoms with van der Waals surface area (Å²) < 4.78 is 2.23.